The maximum Gasteiger partial charge on any atom is 0.224 e. The lowest BCUT2D eigenvalue weighted by atomic mass is 10.0. The molecule has 0 unspecified atom stereocenters. The first-order valence-electron chi connectivity index (χ1n) is 8.45. The molecule has 0 aliphatic carbocycles. The Morgan fingerprint density at radius 3 is 2.46 bits per heavy atom. The van der Waals surface area contributed by atoms with Gasteiger partial charge in [-0.3, -0.25) is 9.69 Å². The molecule has 1 amide bonds. The molecule has 0 N–H and O–H groups in total. The number of benzene rings is 2. The average Bonchev–Trinajstić information content (AvgIpc) is 2.57. The third kappa shape index (κ3) is 4.01. The van der Waals surface area contributed by atoms with E-state index in [1.807, 2.05) is 6.07 Å². The number of carbonyl (C=O) groups is 1. The van der Waals surface area contributed by atoms with Crippen LogP contribution in [0.2, 0.25) is 0 Å². The molecule has 1 heterocycles. The van der Waals surface area contributed by atoms with Crippen molar-refractivity contribution < 1.29 is 9.18 Å². The Hall–Kier alpha value is -2.20. The zero-order chi connectivity index (χ0) is 16.9. The number of halogens is 1. The number of likely N-dealkylation sites (tertiary alicyclic amines) is 1. The van der Waals surface area contributed by atoms with E-state index < -0.39 is 0 Å². The van der Waals surface area contributed by atoms with Crippen LogP contribution in [-0.2, 0) is 11.3 Å². The molecule has 0 bridgehead atoms. The van der Waals surface area contributed by atoms with E-state index in [1.54, 1.807) is 24.0 Å². The average molecular weight is 326 g/mol. The van der Waals surface area contributed by atoms with Crippen LogP contribution in [-0.4, -0.2) is 29.9 Å². The summed E-state index contributed by atoms with van der Waals surface area (Å²) in [4.78, 5) is 16.3. The smallest absolute Gasteiger partial charge is 0.224 e. The summed E-state index contributed by atoms with van der Waals surface area (Å²) in [5.41, 5.74) is 1.97. The number of hydrogen-bond acceptors (Lipinski definition) is 2. The molecular weight excluding hydrogens is 303 g/mol. The Morgan fingerprint density at radius 2 is 1.83 bits per heavy atom. The van der Waals surface area contributed by atoms with E-state index in [-0.39, 0.29) is 17.8 Å². The van der Waals surface area contributed by atoms with Crippen LogP contribution in [0, 0.1) is 5.82 Å². The predicted molar refractivity (Wildman–Crippen MR) is 94.3 cm³/mol. The van der Waals surface area contributed by atoms with E-state index in [0.717, 1.165) is 32.5 Å². The Labute approximate surface area is 142 Å². The zero-order valence-electron chi connectivity index (χ0n) is 14.0. The van der Waals surface area contributed by atoms with Gasteiger partial charge in [0.15, 0.2) is 0 Å². The van der Waals surface area contributed by atoms with Crippen LogP contribution in [0.3, 0.4) is 0 Å². The largest absolute Gasteiger partial charge is 0.309 e. The summed E-state index contributed by atoms with van der Waals surface area (Å²) in [6.07, 6.45) is 1.81. The van der Waals surface area contributed by atoms with E-state index in [2.05, 4.69) is 29.2 Å². The first-order valence-corrected chi connectivity index (χ1v) is 8.45. The van der Waals surface area contributed by atoms with E-state index in [9.17, 15) is 9.18 Å². The van der Waals surface area contributed by atoms with Gasteiger partial charge in [0.05, 0.1) is 0 Å². The molecule has 0 aromatic heterocycles. The van der Waals surface area contributed by atoms with Gasteiger partial charge in [0, 0.05) is 38.3 Å². The number of anilines is 1. The molecule has 2 aromatic carbocycles. The van der Waals surface area contributed by atoms with Crippen molar-refractivity contribution in [2.75, 3.05) is 18.0 Å². The third-order valence-corrected chi connectivity index (χ3v) is 4.60. The Kier molecular flexibility index (Phi) is 5.26. The van der Waals surface area contributed by atoms with Gasteiger partial charge in [0.2, 0.25) is 5.91 Å². The van der Waals surface area contributed by atoms with Crippen LogP contribution < -0.4 is 4.90 Å². The van der Waals surface area contributed by atoms with Crippen LogP contribution >= 0.6 is 0 Å². The summed E-state index contributed by atoms with van der Waals surface area (Å²) in [5, 5.41) is 0. The first kappa shape index (κ1) is 16.7. The van der Waals surface area contributed by atoms with Crippen LogP contribution in [0.1, 0.15) is 25.3 Å². The van der Waals surface area contributed by atoms with Gasteiger partial charge in [0.25, 0.3) is 0 Å². The number of carbonyl (C=O) groups excluding carboxylic acids is 1. The maximum atomic E-state index is 13.5. The number of nitrogens with zero attached hydrogens (tertiary/aromatic N) is 2. The van der Waals surface area contributed by atoms with Crippen LogP contribution in [0.4, 0.5) is 10.1 Å². The summed E-state index contributed by atoms with van der Waals surface area (Å²) in [7, 11) is 0. The SMILES string of the molecule is CC(=O)N(c1cccc(F)c1)C1CCN(Cc2ccccc2)CC1. The molecular formula is C20H23FN2O. The molecule has 0 radical (unpaired) electrons. The fraction of sp³-hybridized carbons (Fsp3) is 0.350. The molecule has 2 aromatic rings. The van der Waals surface area contributed by atoms with E-state index >= 15 is 0 Å². The maximum absolute atomic E-state index is 13.5. The highest BCUT2D eigenvalue weighted by molar-refractivity contribution is 5.92. The Balaban J connectivity index is 1.64. The minimum absolute atomic E-state index is 0.0258. The summed E-state index contributed by atoms with van der Waals surface area (Å²) in [6.45, 7) is 4.38. The lowest BCUT2D eigenvalue weighted by Gasteiger charge is -2.38. The zero-order valence-corrected chi connectivity index (χ0v) is 14.0. The Bertz CT molecular complexity index is 681. The molecule has 0 saturated carbocycles. The molecule has 4 heteroatoms. The van der Waals surface area contributed by atoms with Gasteiger partial charge in [-0.05, 0) is 36.6 Å². The molecule has 126 valence electrons. The van der Waals surface area contributed by atoms with Gasteiger partial charge in [-0.15, -0.1) is 0 Å². The van der Waals surface area contributed by atoms with Crippen molar-refractivity contribution >= 4 is 11.6 Å². The van der Waals surface area contributed by atoms with Crippen molar-refractivity contribution in [2.24, 2.45) is 0 Å². The van der Waals surface area contributed by atoms with Gasteiger partial charge in [-0.1, -0.05) is 36.4 Å². The second kappa shape index (κ2) is 7.58. The van der Waals surface area contributed by atoms with Gasteiger partial charge in [0.1, 0.15) is 5.82 Å². The van der Waals surface area contributed by atoms with Gasteiger partial charge in [-0.2, -0.15) is 0 Å². The molecule has 1 aliphatic heterocycles. The quantitative estimate of drug-likeness (QED) is 0.852. The second-order valence-corrected chi connectivity index (χ2v) is 6.36. The fourth-order valence-corrected chi connectivity index (χ4v) is 3.45. The number of piperidine rings is 1. The molecule has 0 atom stereocenters. The number of amides is 1. The van der Waals surface area contributed by atoms with Crippen molar-refractivity contribution in [1.29, 1.82) is 0 Å². The molecule has 1 fully saturated rings. The molecule has 24 heavy (non-hydrogen) atoms. The van der Waals surface area contributed by atoms with Crippen LogP contribution in [0.5, 0.6) is 0 Å². The lowest BCUT2D eigenvalue weighted by molar-refractivity contribution is -0.117. The Morgan fingerprint density at radius 1 is 1.12 bits per heavy atom. The first-order chi connectivity index (χ1) is 11.6. The highest BCUT2D eigenvalue weighted by Gasteiger charge is 2.27. The number of rotatable bonds is 4. The normalized spacial score (nSPS) is 16.1. The van der Waals surface area contributed by atoms with Crippen LogP contribution in [0.15, 0.2) is 54.6 Å². The number of hydrogen-bond donors (Lipinski definition) is 0. The minimum atomic E-state index is -0.305. The van der Waals surface area contributed by atoms with Gasteiger partial charge >= 0.3 is 0 Å². The topological polar surface area (TPSA) is 23.6 Å². The summed E-state index contributed by atoms with van der Waals surface area (Å²) in [5.74, 6) is -0.331. The molecule has 3 nitrogen and oxygen atoms in total. The van der Waals surface area contributed by atoms with Gasteiger partial charge in [-0.25, -0.2) is 4.39 Å². The predicted octanol–water partition coefficient (Wildman–Crippen LogP) is 3.84. The van der Waals surface area contributed by atoms with E-state index in [0.29, 0.717) is 5.69 Å². The third-order valence-electron chi connectivity index (χ3n) is 4.60. The fourth-order valence-electron chi connectivity index (χ4n) is 3.45. The van der Waals surface area contributed by atoms with Crippen LogP contribution in [0.25, 0.3) is 0 Å². The van der Waals surface area contributed by atoms with Crippen molar-refractivity contribution in [3.05, 3.63) is 66.0 Å². The van der Waals surface area contributed by atoms with Crippen molar-refractivity contribution in [2.45, 2.75) is 32.4 Å². The molecule has 1 saturated heterocycles. The highest BCUT2D eigenvalue weighted by atomic mass is 19.1. The molecule has 1 aliphatic rings. The van der Waals surface area contributed by atoms with E-state index in [1.165, 1.54) is 17.7 Å². The summed E-state index contributed by atoms with van der Waals surface area (Å²) < 4.78 is 13.5. The summed E-state index contributed by atoms with van der Waals surface area (Å²) in [6, 6.07) is 16.9. The highest BCUT2D eigenvalue weighted by Crippen LogP contribution is 2.25. The second-order valence-electron chi connectivity index (χ2n) is 6.36. The van der Waals surface area contributed by atoms with Crippen molar-refractivity contribution in [3.8, 4) is 0 Å². The summed E-state index contributed by atoms with van der Waals surface area (Å²) >= 11 is 0. The van der Waals surface area contributed by atoms with Crippen molar-refractivity contribution in [3.63, 3.8) is 0 Å². The lowest BCUT2D eigenvalue weighted by Crippen LogP contribution is -2.46. The molecule has 0 spiro atoms. The van der Waals surface area contributed by atoms with Gasteiger partial charge < -0.3 is 4.90 Å². The monoisotopic (exact) mass is 326 g/mol. The minimum Gasteiger partial charge on any atom is -0.309 e. The van der Waals surface area contributed by atoms with E-state index in [4.69, 9.17) is 0 Å². The van der Waals surface area contributed by atoms with Crippen molar-refractivity contribution in [1.82, 2.24) is 4.90 Å². The standard InChI is InChI=1S/C20H23FN2O/c1-16(24)23(20-9-5-8-18(21)14-20)19-10-12-22(13-11-19)15-17-6-3-2-4-7-17/h2-9,14,19H,10-13,15H2,1H3. The molecule has 3 rings (SSSR count).